The van der Waals surface area contributed by atoms with Crippen LogP contribution in [-0.2, 0) is 14.4 Å². The van der Waals surface area contributed by atoms with Gasteiger partial charge in [-0.2, -0.15) is 11.8 Å². The van der Waals surface area contributed by atoms with Gasteiger partial charge in [-0.25, -0.2) is 4.39 Å². The number of amides is 3. The molecule has 0 saturated heterocycles. The molecule has 2 aromatic carbocycles. The lowest BCUT2D eigenvalue weighted by atomic mass is 10.2. The maximum Gasteiger partial charge on any atom is 0.258 e. The van der Waals surface area contributed by atoms with E-state index in [1.54, 1.807) is 24.3 Å². The van der Waals surface area contributed by atoms with Gasteiger partial charge in [0.15, 0.2) is 6.61 Å². The number of nitrogens with one attached hydrogen (secondary N) is 3. The molecule has 0 fully saturated rings. The van der Waals surface area contributed by atoms with E-state index in [1.165, 1.54) is 30.8 Å². The number of rotatable bonds is 10. The van der Waals surface area contributed by atoms with Gasteiger partial charge in [-0.3, -0.25) is 14.4 Å². The molecular weight excluding hydrogens is 409 g/mol. The Morgan fingerprint density at radius 3 is 2.50 bits per heavy atom. The second kappa shape index (κ2) is 11.8. The highest BCUT2D eigenvalue weighted by Gasteiger charge is 2.22. The molecule has 0 radical (unpaired) electrons. The summed E-state index contributed by atoms with van der Waals surface area (Å²) >= 11 is 1.52. The minimum Gasteiger partial charge on any atom is -0.484 e. The van der Waals surface area contributed by atoms with Gasteiger partial charge in [0.2, 0.25) is 11.8 Å². The number of halogens is 1. The summed E-state index contributed by atoms with van der Waals surface area (Å²) in [7, 11) is 0. The van der Waals surface area contributed by atoms with Gasteiger partial charge in [-0.1, -0.05) is 18.2 Å². The molecule has 3 N–H and O–H groups in total. The largest absolute Gasteiger partial charge is 0.484 e. The molecule has 7 nitrogen and oxygen atoms in total. The summed E-state index contributed by atoms with van der Waals surface area (Å²) in [5.41, 5.74) is 0.260. The van der Waals surface area contributed by atoms with Gasteiger partial charge in [0.1, 0.15) is 17.6 Å². The van der Waals surface area contributed by atoms with Gasteiger partial charge >= 0.3 is 0 Å². The Morgan fingerprint density at radius 1 is 1.10 bits per heavy atom. The molecule has 2 aromatic rings. The van der Waals surface area contributed by atoms with Crippen LogP contribution in [0.25, 0.3) is 0 Å². The Labute approximate surface area is 178 Å². The molecule has 3 amide bonds. The maximum absolute atomic E-state index is 14.1. The lowest BCUT2D eigenvalue weighted by Crippen LogP contribution is -2.46. The second-order valence-electron chi connectivity index (χ2n) is 6.37. The summed E-state index contributed by atoms with van der Waals surface area (Å²) in [6, 6.07) is 11.8. The molecule has 1 unspecified atom stereocenters. The van der Waals surface area contributed by atoms with Gasteiger partial charge < -0.3 is 20.7 Å². The van der Waals surface area contributed by atoms with Gasteiger partial charge in [-0.05, 0) is 48.8 Å². The average molecular weight is 434 g/mol. The number of hydrogen-bond acceptors (Lipinski definition) is 5. The third kappa shape index (κ3) is 7.75. The van der Waals surface area contributed by atoms with Crippen LogP contribution in [0.1, 0.15) is 13.3 Å². The van der Waals surface area contributed by atoms with Crippen molar-refractivity contribution in [3.8, 4) is 5.75 Å². The first-order valence-corrected chi connectivity index (χ1v) is 10.6. The Balaban J connectivity index is 2.02. The van der Waals surface area contributed by atoms with Crippen molar-refractivity contribution in [1.29, 1.82) is 0 Å². The standard InChI is InChI=1S/C21H24FN3O4S/c1-14(26)23-15-8-9-17(22)19(12-15)25-21(28)18(10-11-30-2)24-20(27)13-29-16-6-4-3-5-7-16/h3-9,12,18H,10-11,13H2,1-2H3,(H,23,26)(H,24,27)(H,25,28). The summed E-state index contributed by atoms with van der Waals surface area (Å²) in [5, 5.41) is 7.64. The molecule has 0 aromatic heterocycles. The zero-order valence-electron chi connectivity index (χ0n) is 16.7. The molecule has 2 rings (SSSR count). The molecular formula is C21H24FN3O4S. The van der Waals surface area contributed by atoms with E-state index in [2.05, 4.69) is 16.0 Å². The third-order valence-corrected chi connectivity index (χ3v) is 4.56. The van der Waals surface area contributed by atoms with Gasteiger partial charge in [0, 0.05) is 12.6 Å². The minimum absolute atomic E-state index is 0.0878. The van der Waals surface area contributed by atoms with E-state index < -0.39 is 23.7 Å². The van der Waals surface area contributed by atoms with Crippen molar-refractivity contribution in [3.63, 3.8) is 0 Å². The fraction of sp³-hybridized carbons (Fsp3) is 0.286. The van der Waals surface area contributed by atoms with E-state index in [4.69, 9.17) is 4.74 Å². The molecule has 0 aliphatic heterocycles. The van der Waals surface area contributed by atoms with Crippen molar-refractivity contribution in [3.05, 3.63) is 54.3 Å². The SMILES string of the molecule is CSCCC(NC(=O)COc1ccccc1)C(=O)Nc1cc(NC(C)=O)ccc1F. The predicted octanol–water partition coefficient (Wildman–Crippen LogP) is 3.04. The quantitative estimate of drug-likeness (QED) is 0.535. The fourth-order valence-corrected chi connectivity index (χ4v) is 3.00. The van der Waals surface area contributed by atoms with Crippen molar-refractivity contribution in [1.82, 2.24) is 5.32 Å². The van der Waals surface area contributed by atoms with Gasteiger partial charge in [0.05, 0.1) is 5.69 Å². The number of thioether (sulfide) groups is 1. The summed E-state index contributed by atoms with van der Waals surface area (Å²) in [6.45, 7) is 1.08. The highest BCUT2D eigenvalue weighted by molar-refractivity contribution is 7.98. The number of para-hydroxylation sites is 1. The highest BCUT2D eigenvalue weighted by atomic mass is 32.2. The first-order chi connectivity index (χ1) is 14.4. The van der Waals surface area contributed by atoms with E-state index in [0.717, 1.165) is 6.07 Å². The van der Waals surface area contributed by atoms with Crippen molar-refractivity contribution >= 4 is 40.9 Å². The number of hydrogen-bond donors (Lipinski definition) is 3. The number of ether oxygens (including phenoxy) is 1. The van der Waals surface area contributed by atoms with E-state index in [9.17, 15) is 18.8 Å². The Bertz CT molecular complexity index is 880. The Morgan fingerprint density at radius 2 is 1.83 bits per heavy atom. The van der Waals surface area contributed by atoms with Crippen LogP contribution in [0.4, 0.5) is 15.8 Å². The lowest BCUT2D eigenvalue weighted by molar-refractivity contribution is -0.127. The third-order valence-electron chi connectivity index (χ3n) is 3.92. The first kappa shape index (κ1) is 23.2. The number of benzene rings is 2. The van der Waals surface area contributed by atoms with Crippen LogP contribution in [0.5, 0.6) is 5.75 Å². The average Bonchev–Trinajstić information content (AvgIpc) is 2.72. The number of carbonyl (C=O) groups is 3. The Hall–Kier alpha value is -3.07. The van der Waals surface area contributed by atoms with Crippen LogP contribution < -0.4 is 20.7 Å². The molecule has 0 bridgehead atoms. The molecule has 160 valence electrons. The fourth-order valence-electron chi connectivity index (χ4n) is 2.53. The molecule has 0 aliphatic rings. The van der Waals surface area contributed by atoms with Crippen molar-refractivity contribution < 1.29 is 23.5 Å². The molecule has 0 heterocycles. The van der Waals surface area contributed by atoms with Crippen LogP contribution in [0, 0.1) is 5.82 Å². The predicted molar refractivity (Wildman–Crippen MR) is 116 cm³/mol. The van der Waals surface area contributed by atoms with Crippen LogP contribution >= 0.6 is 11.8 Å². The molecule has 9 heteroatoms. The number of anilines is 2. The van der Waals surface area contributed by atoms with E-state index in [-0.39, 0.29) is 18.2 Å². The van der Waals surface area contributed by atoms with Crippen molar-refractivity contribution in [2.24, 2.45) is 0 Å². The van der Waals surface area contributed by atoms with E-state index >= 15 is 0 Å². The monoisotopic (exact) mass is 433 g/mol. The molecule has 0 saturated carbocycles. The first-order valence-electron chi connectivity index (χ1n) is 9.23. The van der Waals surface area contributed by atoms with Crippen LogP contribution in [0.3, 0.4) is 0 Å². The van der Waals surface area contributed by atoms with Gasteiger partial charge in [0.25, 0.3) is 5.91 Å². The maximum atomic E-state index is 14.1. The van der Waals surface area contributed by atoms with Crippen LogP contribution in [-0.4, -0.2) is 42.4 Å². The van der Waals surface area contributed by atoms with Gasteiger partial charge in [-0.15, -0.1) is 0 Å². The summed E-state index contributed by atoms with van der Waals surface area (Å²) < 4.78 is 19.5. The molecule has 0 spiro atoms. The molecule has 0 aliphatic carbocycles. The smallest absolute Gasteiger partial charge is 0.258 e. The topological polar surface area (TPSA) is 96.5 Å². The minimum atomic E-state index is -0.867. The molecule has 30 heavy (non-hydrogen) atoms. The highest BCUT2D eigenvalue weighted by Crippen LogP contribution is 2.20. The van der Waals surface area contributed by atoms with Crippen LogP contribution in [0.2, 0.25) is 0 Å². The van der Waals surface area contributed by atoms with Crippen molar-refractivity contribution in [2.75, 3.05) is 29.2 Å². The van der Waals surface area contributed by atoms with Crippen molar-refractivity contribution in [2.45, 2.75) is 19.4 Å². The Kier molecular flexibility index (Phi) is 9.14. The van der Waals surface area contributed by atoms with E-state index in [0.29, 0.717) is 23.6 Å². The summed E-state index contributed by atoms with van der Waals surface area (Å²) in [4.78, 5) is 36.1. The number of carbonyl (C=O) groups excluding carboxylic acids is 3. The van der Waals surface area contributed by atoms with Crippen LogP contribution in [0.15, 0.2) is 48.5 Å². The second-order valence-corrected chi connectivity index (χ2v) is 7.35. The normalized spacial score (nSPS) is 11.3. The summed E-state index contributed by atoms with van der Waals surface area (Å²) in [5.74, 6) is -0.841. The molecule has 1 atom stereocenters. The van der Waals surface area contributed by atoms with E-state index in [1.807, 2.05) is 12.3 Å². The zero-order valence-corrected chi connectivity index (χ0v) is 17.6. The lowest BCUT2D eigenvalue weighted by Gasteiger charge is -2.19. The summed E-state index contributed by atoms with van der Waals surface area (Å²) in [6.07, 6.45) is 2.24. The zero-order chi connectivity index (χ0) is 21.9.